The molecule has 0 heterocycles. The Balaban J connectivity index is 2.00. The Morgan fingerprint density at radius 1 is 1.28 bits per heavy atom. The first-order valence-corrected chi connectivity index (χ1v) is 7.26. The number of benzene rings is 2. The summed E-state index contributed by atoms with van der Waals surface area (Å²) in [4.78, 5) is 22.1. The summed E-state index contributed by atoms with van der Waals surface area (Å²) in [5.41, 5.74) is 0.0859. The molecule has 0 fully saturated rings. The maximum Gasteiger partial charge on any atom is 0.387 e. The van der Waals surface area contributed by atoms with Crippen LogP contribution < -0.4 is 15.4 Å². The van der Waals surface area contributed by atoms with Crippen LogP contribution in [0.5, 0.6) is 5.75 Å². The number of nitro groups is 1. The molecule has 0 aromatic heterocycles. The molecule has 2 N–H and O–H groups in total. The number of para-hydroxylation sites is 2. The normalized spacial score (nSPS) is 10.4. The largest absolute Gasteiger partial charge is 0.433 e. The molecule has 2 rings (SSSR count). The van der Waals surface area contributed by atoms with E-state index >= 15 is 0 Å². The van der Waals surface area contributed by atoms with Gasteiger partial charge in [0.15, 0.2) is 0 Å². The van der Waals surface area contributed by atoms with Crippen LogP contribution in [0.25, 0.3) is 0 Å². The van der Waals surface area contributed by atoms with E-state index in [1.807, 2.05) is 0 Å². The number of amides is 1. The zero-order valence-electron chi connectivity index (χ0n) is 12.5. The van der Waals surface area contributed by atoms with Crippen LogP contribution in [0.1, 0.15) is 0 Å². The van der Waals surface area contributed by atoms with Crippen LogP contribution in [-0.2, 0) is 4.79 Å². The van der Waals surface area contributed by atoms with Crippen molar-refractivity contribution in [1.29, 1.82) is 0 Å². The molecule has 0 spiro atoms. The van der Waals surface area contributed by atoms with E-state index in [9.17, 15) is 23.7 Å². The third-order valence-corrected chi connectivity index (χ3v) is 3.29. The second-order valence-electron chi connectivity index (χ2n) is 4.70. The second-order valence-corrected chi connectivity index (χ2v) is 5.11. The van der Waals surface area contributed by atoms with E-state index in [2.05, 4.69) is 15.4 Å². The Labute approximate surface area is 145 Å². The molecule has 25 heavy (non-hydrogen) atoms. The fourth-order valence-electron chi connectivity index (χ4n) is 1.91. The summed E-state index contributed by atoms with van der Waals surface area (Å²) in [6.07, 6.45) is 0. The molecule has 0 atom stereocenters. The van der Waals surface area contributed by atoms with Crippen molar-refractivity contribution in [3.8, 4) is 5.75 Å². The van der Waals surface area contributed by atoms with Gasteiger partial charge in [0, 0.05) is 11.8 Å². The topological polar surface area (TPSA) is 93.5 Å². The molecule has 0 aliphatic carbocycles. The van der Waals surface area contributed by atoms with Gasteiger partial charge in [-0.1, -0.05) is 23.7 Å². The number of hydrogen-bond acceptors (Lipinski definition) is 5. The number of anilines is 2. The Kier molecular flexibility index (Phi) is 6.07. The quantitative estimate of drug-likeness (QED) is 0.568. The fourth-order valence-corrected chi connectivity index (χ4v) is 2.09. The van der Waals surface area contributed by atoms with Crippen molar-refractivity contribution in [1.82, 2.24) is 0 Å². The number of alkyl halides is 2. The van der Waals surface area contributed by atoms with Crippen LogP contribution in [0.2, 0.25) is 5.02 Å². The first-order chi connectivity index (χ1) is 11.9. The number of hydrogen-bond donors (Lipinski definition) is 2. The lowest BCUT2D eigenvalue weighted by Gasteiger charge is -2.12. The summed E-state index contributed by atoms with van der Waals surface area (Å²) in [5, 5.41) is 15.9. The Bertz CT molecular complexity index is 789. The average molecular weight is 372 g/mol. The molecule has 2 aromatic rings. The molecule has 0 saturated carbocycles. The van der Waals surface area contributed by atoms with Gasteiger partial charge < -0.3 is 15.4 Å². The second kappa shape index (κ2) is 8.25. The number of carbonyl (C=O) groups excluding carboxylic acids is 1. The van der Waals surface area contributed by atoms with Gasteiger partial charge in [-0.25, -0.2) is 0 Å². The maximum atomic E-state index is 12.3. The number of rotatable bonds is 7. The van der Waals surface area contributed by atoms with Gasteiger partial charge in [-0.15, -0.1) is 0 Å². The number of ether oxygens (including phenoxy) is 1. The first-order valence-electron chi connectivity index (χ1n) is 6.88. The molecule has 0 aliphatic heterocycles. The van der Waals surface area contributed by atoms with Crippen LogP contribution in [0.3, 0.4) is 0 Å². The predicted octanol–water partition coefficient (Wildman–Crippen LogP) is 3.90. The van der Waals surface area contributed by atoms with Crippen molar-refractivity contribution in [2.45, 2.75) is 6.61 Å². The summed E-state index contributed by atoms with van der Waals surface area (Å²) < 4.78 is 29.0. The van der Waals surface area contributed by atoms with E-state index in [1.165, 1.54) is 36.4 Å². The standard InChI is InChI=1S/C15H12ClF2N3O4/c16-10-6-5-9(7-12(10)21(23)24)19-8-14(22)20-11-3-1-2-4-13(11)25-15(17)18/h1-7,15,19H,8H2,(H,20,22). The molecule has 7 nitrogen and oxygen atoms in total. The van der Waals surface area contributed by atoms with Gasteiger partial charge in [0.2, 0.25) is 5.91 Å². The number of nitro benzene ring substituents is 1. The van der Waals surface area contributed by atoms with Crippen molar-refractivity contribution >= 4 is 34.6 Å². The smallest absolute Gasteiger partial charge is 0.387 e. The van der Waals surface area contributed by atoms with E-state index in [0.717, 1.165) is 0 Å². The van der Waals surface area contributed by atoms with Crippen LogP contribution in [0, 0.1) is 10.1 Å². The first kappa shape index (κ1) is 18.4. The summed E-state index contributed by atoms with van der Waals surface area (Å²) >= 11 is 5.70. The number of carbonyl (C=O) groups is 1. The zero-order valence-corrected chi connectivity index (χ0v) is 13.3. The zero-order chi connectivity index (χ0) is 18.4. The minimum absolute atomic E-state index is 0.0296. The summed E-state index contributed by atoms with van der Waals surface area (Å²) in [5.74, 6) is -0.726. The van der Waals surface area contributed by atoms with Crippen molar-refractivity contribution in [3.05, 3.63) is 57.6 Å². The average Bonchev–Trinajstić information content (AvgIpc) is 2.55. The Morgan fingerprint density at radius 3 is 2.68 bits per heavy atom. The van der Waals surface area contributed by atoms with Crippen molar-refractivity contribution in [2.75, 3.05) is 17.2 Å². The third-order valence-electron chi connectivity index (χ3n) is 2.97. The highest BCUT2D eigenvalue weighted by Crippen LogP contribution is 2.28. The number of nitrogens with one attached hydrogen (secondary N) is 2. The predicted molar refractivity (Wildman–Crippen MR) is 88.3 cm³/mol. The molecule has 0 unspecified atom stereocenters. The highest BCUT2D eigenvalue weighted by Gasteiger charge is 2.14. The van der Waals surface area contributed by atoms with Crippen LogP contribution in [-0.4, -0.2) is 24.0 Å². The maximum absolute atomic E-state index is 12.3. The van der Waals surface area contributed by atoms with Gasteiger partial charge in [-0.3, -0.25) is 14.9 Å². The molecular formula is C15H12ClF2N3O4. The molecule has 0 radical (unpaired) electrons. The fraction of sp³-hybridized carbons (Fsp3) is 0.133. The lowest BCUT2D eigenvalue weighted by atomic mass is 10.2. The molecule has 0 bridgehead atoms. The molecule has 132 valence electrons. The minimum atomic E-state index is -3.02. The SMILES string of the molecule is O=C(CNc1ccc(Cl)c([N+](=O)[O-])c1)Nc1ccccc1OC(F)F. The summed E-state index contributed by atoms with van der Waals surface area (Å²) in [7, 11) is 0. The van der Waals surface area contributed by atoms with E-state index in [1.54, 1.807) is 6.07 Å². The van der Waals surface area contributed by atoms with E-state index < -0.39 is 17.4 Å². The van der Waals surface area contributed by atoms with E-state index in [4.69, 9.17) is 11.6 Å². The van der Waals surface area contributed by atoms with Crippen molar-refractivity contribution in [3.63, 3.8) is 0 Å². The van der Waals surface area contributed by atoms with Gasteiger partial charge in [0.1, 0.15) is 10.8 Å². The molecule has 0 saturated heterocycles. The number of halogens is 3. The monoisotopic (exact) mass is 371 g/mol. The summed E-state index contributed by atoms with van der Waals surface area (Å²) in [6, 6.07) is 9.70. The van der Waals surface area contributed by atoms with Gasteiger partial charge >= 0.3 is 6.61 Å². The lowest BCUT2D eigenvalue weighted by Crippen LogP contribution is -2.22. The van der Waals surface area contributed by atoms with Crippen LogP contribution in [0.4, 0.5) is 25.8 Å². The van der Waals surface area contributed by atoms with Gasteiger partial charge in [-0.05, 0) is 24.3 Å². The number of nitrogens with zero attached hydrogens (tertiary/aromatic N) is 1. The Hall–Kier alpha value is -2.94. The molecule has 0 aliphatic rings. The minimum Gasteiger partial charge on any atom is -0.433 e. The van der Waals surface area contributed by atoms with Gasteiger partial charge in [0.25, 0.3) is 5.69 Å². The van der Waals surface area contributed by atoms with E-state index in [0.29, 0.717) is 5.69 Å². The highest BCUT2D eigenvalue weighted by molar-refractivity contribution is 6.32. The van der Waals surface area contributed by atoms with E-state index in [-0.39, 0.29) is 28.7 Å². The molecule has 1 amide bonds. The van der Waals surface area contributed by atoms with Gasteiger partial charge in [-0.2, -0.15) is 8.78 Å². The lowest BCUT2D eigenvalue weighted by molar-refractivity contribution is -0.384. The molecular weight excluding hydrogens is 360 g/mol. The van der Waals surface area contributed by atoms with Crippen LogP contribution in [0.15, 0.2) is 42.5 Å². The van der Waals surface area contributed by atoms with Crippen LogP contribution >= 0.6 is 11.6 Å². The molecule has 2 aromatic carbocycles. The Morgan fingerprint density at radius 2 is 2.00 bits per heavy atom. The molecule has 10 heteroatoms. The highest BCUT2D eigenvalue weighted by atomic mass is 35.5. The third kappa shape index (κ3) is 5.28. The van der Waals surface area contributed by atoms with Crippen molar-refractivity contribution in [2.24, 2.45) is 0 Å². The van der Waals surface area contributed by atoms with Gasteiger partial charge in [0.05, 0.1) is 17.2 Å². The van der Waals surface area contributed by atoms with Crippen molar-refractivity contribution < 1.29 is 23.2 Å². The summed E-state index contributed by atoms with van der Waals surface area (Å²) in [6.45, 7) is -3.27.